The van der Waals surface area contributed by atoms with Gasteiger partial charge in [-0.05, 0) is 43.3 Å². The minimum Gasteiger partial charge on any atom is -0.371 e. The van der Waals surface area contributed by atoms with Crippen LogP contribution < -0.4 is 5.32 Å². The predicted molar refractivity (Wildman–Crippen MR) is 76.7 cm³/mol. The SMILES string of the molecule is CN[C@](O)(CCCc1ccccc1)c1cccs1. The highest BCUT2D eigenvalue weighted by molar-refractivity contribution is 7.10. The summed E-state index contributed by atoms with van der Waals surface area (Å²) in [7, 11) is 1.81. The van der Waals surface area contributed by atoms with Crippen LogP contribution in [0.2, 0.25) is 0 Å². The second-order valence-corrected chi connectivity index (χ2v) is 5.37. The molecule has 18 heavy (non-hydrogen) atoms. The maximum Gasteiger partial charge on any atom is 0.151 e. The summed E-state index contributed by atoms with van der Waals surface area (Å²) < 4.78 is 0. The van der Waals surface area contributed by atoms with E-state index >= 15 is 0 Å². The number of rotatable bonds is 6. The Morgan fingerprint density at radius 2 is 1.94 bits per heavy atom. The van der Waals surface area contributed by atoms with Gasteiger partial charge in [-0.1, -0.05) is 36.4 Å². The molecule has 0 aliphatic carbocycles. The number of nitrogens with one attached hydrogen (secondary N) is 1. The Kier molecular flexibility index (Phi) is 4.53. The molecule has 0 bridgehead atoms. The summed E-state index contributed by atoms with van der Waals surface area (Å²) in [5.41, 5.74) is 0.435. The van der Waals surface area contributed by atoms with Crippen LogP contribution in [-0.4, -0.2) is 12.2 Å². The summed E-state index contributed by atoms with van der Waals surface area (Å²) in [6, 6.07) is 14.3. The molecule has 0 saturated heterocycles. The number of thiophene rings is 1. The van der Waals surface area contributed by atoms with E-state index in [0.29, 0.717) is 0 Å². The van der Waals surface area contributed by atoms with E-state index in [-0.39, 0.29) is 0 Å². The van der Waals surface area contributed by atoms with Crippen LogP contribution in [-0.2, 0) is 12.1 Å². The fraction of sp³-hybridized carbons (Fsp3) is 0.333. The number of benzene rings is 1. The van der Waals surface area contributed by atoms with Crippen LogP contribution in [0.25, 0.3) is 0 Å². The van der Waals surface area contributed by atoms with Crippen molar-refractivity contribution in [2.24, 2.45) is 0 Å². The van der Waals surface area contributed by atoms with Gasteiger partial charge in [0.2, 0.25) is 0 Å². The molecule has 0 aliphatic rings. The first-order valence-corrected chi connectivity index (χ1v) is 7.12. The second kappa shape index (κ2) is 6.14. The van der Waals surface area contributed by atoms with Gasteiger partial charge in [-0.25, -0.2) is 0 Å². The van der Waals surface area contributed by atoms with Gasteiger partial charge in [0, 0.05) is 0 Å². The molecule has 0 radical (unpaired) electrons. The highest BCUT2D eigenvalue weighted by atomic mass is 32.1. The van der Waals surface area contributed by atoms with E-state index in [9.17, 15) is 5.11 Å². The third-order valence-corrected chi connectivity index (χ3v) is 4.21. The van der Waals surface area contributed by atoms with Crippen LogP contribution in [0.1, 0.15) is 23.3 Å². The third kappa shape index (κ3) is 3.19. The van der Waals surface area contributed by atoms with E-state index in [1.165, 1.54) is 5.56 Å². The van der Waals surface area contributed by atoms with Crippen molar-refractivity contribution >= 4 is 11.3 Å². The summed E-state index contributed by atoms with van der Waals surface area (Å²) in [4.78, 5) is 0.984. The molecular weight excluding hydrogens is 242 g/mol. The maximum atomic E-state index is 10.6. The summed E-state index contributed by atoms with van der Waals surface area (Å²) in [5, 5.41) is 15.6. The Bertz CT molecular complexity index is 455. The minimum atomic E-state index is -0.886. The van der Waals surface area contributed by atoms with Crippen LogP contribution in [0.15, 0.2) is 47.8 Å². The van der Waals surface area contributed by atoms with Crippen LogP contribution in [0.4, 0.5) is 0 Å². The third-order valence-electron chi connectivity index (χ3n) is 3.19. The molecule has 2 nitrogen and oxygen atoms in total. The normalized spacial score (nSPS) is 14.3. The van der Waals surface area contributed by atoms with Gasteiger partial charge in [0.1, 0.15) is 0 Å². The second-order valence-electron chi connectivity index (χ2n) is 4.43. The number of hydrogen-bond donors (Lipinski definition) is 2. The fourth-order valence-corrected chi connectivity index (χ4v) is 2.94. The van der Waals surface area contributed by atoms with Gasteiger partial charge < -0.3 is 5.11 Å². The summed E-state index contributed by atoms with van der Waals surface area (Å²) in [6.07, 6.45) is 2.67. The Morgan fingerprint density at radius 1 is 1.17 bits per heavy atom. The Labute approximate surface area is 112 Å². The molecule has 0 saturated carbocycles. The van der Waals surface area contributed by atoms with Gasteiger partial charge in [-0.2, -0.15) is 0 Å². The van der Waals surface area contributed by atoms with Gasteiger partial charge >= 0.3 is 0 Å². The van der Waals surface area contributed by atoms with Crippen molar-refractivity contribution in [3.05, 3.63) is 58.3 Å². The highest BCUT2D eigenvalue weighted by Crippen LogP contribution is 2.27. The van der Waals surface area contributed by atoms with Crippen molar-refractivity contribution in [2.75, 3.05) is 7.05 Å². The molecule has 1 aromatic carbocycles. The lowest BCUT2D eigenvalue weighted by molar-refractivity contribution is 0.00116. The van der Waals surface area contributed by atoms with E-state index < -0.39 is 5.72 Å². The Hall–Kier alpha value is -1.16. The van der Waals surface area contributed by atoms with Gasteiger partial charge in [0.05, 0.1) is 4.88 Å². The van der Waals surface area contributed by atoms with Gasteiger partial charge in [-0.15, -0.1) is 11.3 Å². The smallest absolute Gasteiger partial charge is 0.151 e. The van der Waals surface area contributed by atoms with Crippen LogP contribution >= 0.6 is 11.3 Å². The zero-order valence-electron chi connectivity index (χ0n) is 10.6. The van der Waals surface area contributed by atoms with E-state index in [4.69, 9.17) is 0 Å². The van der Waals surface area contributed by atoms with Gasteiger partial charge in [-0.3, -0.25) is 5.32 Å². The van der Waals surface area contributed by atoms with Crippen molar-refractivity contribution in [1.82, 2.24) is 5.32 Å². The predicted octanol–water partition coefficient (Wildman–Crippen LogP) is 3.14. The standard InChI is InChI=1S/C15H19NOS/c1-16-15(17,14-10-6-12-18-14)11-5-9-13-7-3-2-4-8-13/h2-4,6-8,10,12,16-17H,5,9,11H2,1H3/t15-/m0/s1. The van der Waals surface area contributed by atoms with Crippen molar-refractivity contribution < 1.29 is 5.11 Å². The molecule has 1 atom stereocenters. The summed E-state index contributed by atoms with van der Waals surface area (Å²) in [6.45, 7) is 0. The zero-order valence-corrected chi connectivity index (χ0v) is 11.4. The minimum absolute atomic E-state index is 0.721. The molecular formula is C15H19NOS. The summed E-state index contributed by atoms with van der Waals surface area (Å²) >= 11 is 1.59. The Balaban J connectivity index is 1.92. The maximum absolute atomic E-state index is 10.6. The molecule has 0 amide bonds. The largest absolute Gasteiger partial charge is 0.371 e. The van der Waals surface area contributed by atoms with Crippen molar-refractivity contribution in [3.8, 4) is 0 Å². The molecule has 0 fully saturated rings. The molecule has 1 aromatic heterocycles. The molecule has 0 unspecified atom stereocenters. The first-order chi connectivity index (χ1) is 8.74. The molecule has 0 spiro atoms. The first kappa shape index (κ1) is 13.3. The summed E-state index contributed by atoms with van der Waals surface area (Å²) in [5.74, 6) is 0. The molecule has 2 N–H and O–H groups in total. The quantitative estimate of drug-likeness (QED) is 0.783. The van der Waals surface area contributed by atoms with E-state index in [0.717, 1.165) is 24.1 Å². The van der Waals surface area contributed by atoms with Crippen molar-refractivity contribution in [2.45, 2.75) is 25.0 Å². The molecule has 3 heteroatoms. The van der Waals surface area contributed by atoms with Crippen molar-refractivity contribution in [3.63, 3.8) is 0 Å². The van der Waals surface area contributed by atoms with Crippen LogP contribution in [0.3, 0.4) is 0 Å². The lowest BCUT2D eigenvalue weighted by atomic mass is 10.0. The van der Waals surface area contributed by atoms with Crippen LogP contribution in [0, 0.1) is 0 Å². The zero-order chi connectivity index (χ0) is 12.8. The monoisotopic (exact) mass is 261 g/mol. The van der Waals surface area contributed by atoms with E-state index in [1.54, 1.807) is 11.3 Å². The fourth-order valence-electron chi connectivity index (χ4n) is 2.08. The Morgan fingerprint density at radius 3 is 2.56 bits per heavy atom. The molecule has 2 aromatic rings. The topological polar surface area (TPSA) is 32.3 Å². The van der Waals surface area contributed by atoms with E-state index in [2.05, 4.69) is 29.6 Å². The number of hydrogen-bond acceptors (Lipinski definition) is 3. The molecule has 2 rings (SSSR count). The average molecular weight is 261 g/mol. The molecule has 0 aliphatic heterocycles. The highest BCUT2D eigenvalue weighted by Gasteiger charge is 2.27. The van der Waals surface area contributed by atoms with Crippen LogP contribution in [0.5, 0.6) is 0 Å². The first-order valence-electron chi connectivity index (χ1n) is 6.24. The molecule has 1 heterocycles. The molecule has 96 valence electrons. The average Bonchev–Trinajstić information content (AvgIpc) is 2.94. The lowest BCUT2D eigenvalue weighted by Gasteiger charge is -2.26. The number of aliphatic hydroxyl groups is 1. The van der Waals surface area contributed by atoms with Gasteiger partial charge in [0.25, 0.3) is 0 Å². The van der Waals surface area contributed by atoms with Gasteiger partial charge in [0.15, 0.2) is 5.72 Å². The number of aryl methyl sites for hydroxylation is 1. The van der Waals surface area contributed by atoms with Crippen molar-refractivity contribution in [1.29, 1.82) is 0 Å². The van der Waals surface area contributed by atoms with E-state index in [1.807, 2.05) is 30.6 Å². The lowest BCUT2D eigenvalue weighted by Crippen LogP contribution is -2.39.